The number of hydrogen-bond acceptors (Lipinski definition) is 2. The van der Waals surface area contributed by atoms with Crippen LogP contribution in [0.15, 0.2) is 0 Å². The highest BCUT2D eigenvalue weighted by atomic mass is 127. The van der Waals surface area contributed by atoms with Gasteiger partial charge in [-0.2, -0.15) is 0 Å². The van der Waals surface area contributed by atoms with Gasteiger partial charge in [-0.1, -0.05) is 0 Å². The molecule has 0 spiro atoms. The maximum atomic E-state index is 11.1. The van der Waals surface area contributed by atoms with Crippen LogP contribution >= 0.6 is 23.0 Å². The predicted octanol–water partition coefficient (Wildman–Crippen LogP) is 2.32. The summed E-state index contributed by atoms with van der Waals surface area (Å²) >= 11 is 1.69. The van der Waals surface area contributed by atoms with Gasteiger partial charge in [0, 0.05) is 0 Å². The van der Waals surface area contributed by atoms with Crippen molar-refractivity contribution < 1.29 is 7.86 Å². The Kier molecular flexibility index (Phi) is 2.08. The standard InChI is InChI=1S/C8H11IO2/c9-11-8(10)6-2-1-5-3-7(5)4-6/h5-7H,1-4H2/t5?,6?,7-/m1/s1. The summed E-state index contributed by atoms with van der Waals surface area (Å²) in [6.45, 7) is 0. The van der Waals surface area contributed by atoms with Crippen LogP contribution in [0.25, 0.3) is 0 Å². The lowest BCUT2D eigenvalue weighted by Gasteiger charge is -2.17. The average molecular weight is 266 g/mol. The fourth-order valence-corrected chi connectivity index (χ4v) is 2.49. The molecule has 2 rings (SSSR count). The summed E-state index contributed by atoms with van der Waals surface area (Å²) in [7, 11) is 0. The van der Waals surface area contributed by atoms with Crippen molar-refractivity contribution in [3.05, 3.63) is 0 Å². The number of fused-ring (bicyclic) bond motifs is 1. The number of halogens is 1. The second kappa shape index (κ2) is 2.92. The lowest BCUT2D eigenvalue weighted by Crippen LogP contribution is -2.18. The fourth-order valence-electron chi connectivity index (χ4n) is 2.13. The summed E-state index contributed by atoms with van der Waals surface area (Å²) in [4.78, 5) is 11.1. The van der Waals surface area contributed by atoms with Crippen molar-refractivity contribution in [2.45, 2.75) is 25.7 Å². The van der Waals surface area contributed by atoms with E-state index in [1.54, 1.807) is 23.0 Å². The van der Waals surface area contributed by atoms with E-state index in [-0.39, 0.29) is 11.9 Å². The molecule has 0 bridgehead atoms. The van der Waals surface area contributed by atoms with Gasteiger partial charge in [-0.25, -0.2) is 0 Å². The van der Waals surface area contributed by atoms with E-state index in [1.807, 2.05) is 0 Å². The molecule has 0 saturated heterocycles. The molecule has 0 amide bonds. The Morgan fingerprint density at radius 1 is 1.27 bits per heavy atom. The first kappa shape index (κ1) is 7.83. The number of carbonyl (C=O) groups is 1. The van der Waals surface area contributed by atoms with Gasteiger partial charge in [0.05, 0.1) is 5.92 Å². The second-order valence-electron chi connectivity index (χ2n) is 3.66. The minimum Gasteiger partial charge on any atom is -0.394 e. The van der Waals surface area contributed by atoms with Crippen molar-refractivity contribution in [2.24, 2.45) is 17.8 Å². The molecule has 2 aliphatic rings. The van der Waals surface area contributed by atoms with E-state index >= 15 is 0 Å². The molecule has 2 unspecified atom stereocenters. The minimum atomic E-state index is -0.00375. The van der Waals surface area contributed by atoms with Crippen molar-refractivity contribution in [3.8, 4) is 0 Å². The molecule has 2 nitrogen and oxygen atoms in total. The smallest absolute Gasteiger partial charge is 0.318 e. The predicted molar refractivity (Wildman–Crippen MR) is 49.1 cm³/mol. The van der Waals surface area contributed by atoms with E-state index in [2.05, 4.69) is 3.07 Å². The molecule has 62 valence electrons. The Balaban J connectivity index is 1.89. The van der Waals surface area contributed by atoms with Crippen LogP contribution in [0.4, 0.5) is 0 Å². The molecule has 0 aromatic rings. The average Bonchev–Trinajstić information content (AvgIpc) is 2.80. The van der Waals surface area contributed by atoms with Crippen LogP contribution in [-0.2, 0) is 7.86 Å². The topological polar surface area (TPSA) is 26.3 Å². The van der Waals surface area contributed by atoms with Gasteiger partial charge >= 0.3 is 5.97 Å². The lowest BCUT2D eigenvalue weighted by atomic mass is 9.89. The molecular formula is C8H11IO2. The van der Waals surface area contributed by atoms with Crippen molar-refractivity contribution in [1.82, 2.24) is 0 Å². The number of hydrogen-bond donors (Lipinski definition) is 0. The van der Waals surface area contributed by atoms with E-state index in [1.165, 1.54) is 12.8 Å². The van der Waals surface area contributed by atoms with Crippen LogP contribution in [0.3, 0.4) is 0 Å². The highest BCUT2D eigenvalue weighted by Crippen LogP contribution is 2.51. The molecule has 3 atom stereocenters. The van der Waals surface area contributed by atoms with Crippen molar-refractivity contribution in [1.29, 1.82) is 0 Å². The summed E-state index contributed by atoms with van der Waals surface area (Å²) in [5.74, 6) is 2.05. The van der Waals surface area contributed by atoms with Crippen molar-refractivity contribution in [3.63, 3.8) is 0 Å². The van der Waals surface area contributed by atoms with E-state index in [0.29, 0.717) is 0 Å². The van der Waals surface area contributed by atoms with Crippen LogP contribution in [0.1, 0.15) is 25.7 Å². The third-order valence-electron chi connectivity index (χ3n) is 2.95. The monoisotopic (exact) mass is 266 g/mol. The van der Waals surface area contributed by atoms with Gasteiger partial charge in [-0.15, -0.1) is 0 Å². The van der Waals surface area contributed by atoms with Crippen LogP contribution in [0.2, 0.25) is 0 Å². The lowest BCUT2D eigenvalue weighted by molar-refractivity contribution is -0.136. The van der Waals surface area contributed by atoms with Gasteiger partial charge in [-0.05, 0) is 37.5 Å². The molecule has 2 fully saturated rings. The largest absolute Gasteiger partial charge is 0.394 e. The van der Waals surface area contributed by atoms with Gasteiger partial charge in [0.15, 0.2) is 23.0 Å². The number of rotatable bonds is 1. The Hall–Kier alpha value is 0.200. The van der Waals surface area contributed by atoms with Crippen LogP contribution < -0.4 is 0 Å². The van der Waals surface area contributed by atoms with Crippen molar-refractivity contribution in [2.75, 3.05) is 0 Å². The Morgan fingerprint density at radius 3 is 2.73 bits per heavy atom. The van der Waals surface area contributed by atoms with Crippen LogP contribution in [0, 0.1) is 17.8 Å². The highest BCUT2D eigenvalue weighted by molar-refractivity contribution is 14.1. The normalized spacial score (nSPS) is 41.0. The third kappa shape index (κ3) is 1.53. The maximum absolute atomic E-state index is 11.1. The molecule has 2 aliphatic carbocycles. The molecule has 0 aliphatic heterocycles. The van der Waals surface area contributed by atoms with Gasteiger partial charge in [0.2, 0.25) is 0 Å². The molecule has 0 radical (unpaired) electrons. The zero-order valence-electron chi connectivity index (χ0n) is 6.25. The summed E-state index contributed by atoms with van der Waals surface area (Å²) < 4.78 is 4.69. The second-order valence-corrected chi connectivity index (χ2v) is 4.10. The van der Waals surface area contributed by atoms with Gasteiger partial charge in [0.1, 0.15) is 0 Å². The fraction of sp³-hybridized carbons (Fsp3) is 0.875. The summed E-state index contributed by atoms with van der Waals surface area (Å²) in [6.07, 6.45) is 4.77. The number of carbonyl (C=O) groups excluding carboxylic acids is 1. The summed E-state index contributed by atoms with van der Waals surface area (Å²) in [5, 5.41) is 0. The Morgan fingerprint density at radius 2 is 2.09 bits per heavy atom. The van der Waals surface area contributed by atoms with Gasteiger partial charge in [-0.3, -0.25) is 4.79 Å². The molecule has 2 saturated carbocycles. The van der Waals surface area contributed by atoms with Crippen molar-refractivity contribution >= 4 is 29.0 Å². The molecule has 3 heteroatoms. The van der Waals surface area contributed by atoms with E-state index in [9.17, 15) is 4.79 Å². The highest BCUT2D eigenvalue weighted by Gasteiger charge is 2.44. The molecule has 11 heavy (non-hydrogen) atoms. The van der Waals surface area contributed by atoms with E-state index in [0.717, 1.165) is 24.7 Å². The van der Waals surface area contributed by atoms with Crippen LogP contribution in [0.5, 0.6) is 0 Å². The minimum absolute atomic E-state index is 0.00375. The van der Waals surface area contributed by atoms with E-state index < -0.39 is 0 Å². The zero-order valence-corrected chi connectivity index (χ0v) is 8.41. The first-order valence-corrected chi connectivity index (χ1v) is 5.01. The SMILES string of the molecule is O=C(OI)C1CCC2C[C@@H]2C1. The third-order valence-corrected chi connectivity index (χ3v) is 3.39. The van der Waals surface area contributed by atoms with Crippen LogP contribution in [-0.4, -0.2) is 5.97 Å². The van der Waals surface area contributed by atoms with E-state index in [4.69, 9.17) is 0 Å². The Labute approximate surface area is 80.4 Å². The molecule has 0 N–H and O–H groups in total. The van der Waals surface area contributed by atoms with Gasteiger partial charge in [0.25, 0.3) is 0 Å². The Bertz CT molecular complexity index is 181. The maximum Gasteiger partial charge on any atom is 0.318 e. The van der Waals surface area contributed by atoms with Gasteiger partial charge < -0.3 is 3.07 Å². The molecular weight excluding hydrogens is 255 g/mol. The summed E-state index contributed by atoms with van der Waals surface area (Å²) in [5.41, 5.74) is 0. The first-order valence-electron chi connectivity index (χ1n) is 4.13. The molecule has 0 aromatic carbocycles. The summed E-state index contributed by atoms with van der Waals surface area (Å²) in [6, 6.07) is 0. The zero-order chi connectivity index (χ0) is 7.84. The molecule has 0 heterocycles. The molecule has 0 aromatic heterocycles. The quantitative estimate of drug-likeness (QED) is 0.681. The first-order chi connectivity index (χ1) is 5.31.